The molecule has 1 heterocycles. The lowest BCUT2D eigenvalue weighted by Crippen LogP contribution is -2.34. The number of carbonyl (C=O) groups excluding carboxylic acids is 1. The first-order valence-electron chi connectivity index (χ1n) is 9.56. The second-order valence-corrected chi connectivity index (χ2v) is 7.04. The topological polar surface area (TPSA) is 32.8 Å². The van der Waals surface area contributed by atoms with Gasteiger partial charge in [-0.1, -0.05) is 54.6 Å². The summed E-state index contributed by atoms with van der Waals surface area (Å²) in [6.07, 6.45) is 0. The second kappa shape index (κ2) is 8.17. The number of hydrogen-bond donors (Lipinski definition) is 0. The maximum Gasteiger partial charge on any atom is 0.254 e. The molecule has 3 aromatic rings. The Morgan fingerprint density at radius 1 is 0.893 bits per heavy atom. The van der Waals surface area contributed by atoms with Crippen molar-refractivity contribution in [2.45, 2.75) is 13.2 Å². The van der Waals surface area contributed by atoms with Gasteiger partial charge in [0.05, 0.1) is 0 Å². The molecule has 28 heavy (non-hydrogen) atoms. The molecule has 0 fully saturated rings. The van der Waals surface area contributed by atoms with Crippen LogP contribution in [0.25, 0.3) is 0 Å². The predicted molar refractivity (Wildman–Crippen MR) is 112 cm³/mol. The average molecular weight is 372 g/mol. The highest BCUT2D eigenvalue weighted by Crippen LogP contribution is 2.25. The third-order valence-electron chi connectivity index (χ3n) is 5.14. The summed E-state index contributed by atoms with van der Waals surface area (Å²) in [5, 5.41) is 0. The predicted octanol–water partition coefficient (Wildman–Crippen LogP) is 4.36. The Bertz CT molecular complexity index is 956. The van der Waals surface area contributed by atoms with Gasteiger partial charge in [-0.25, -0.2) is 0 Å². The monoisotopic (exact) mass is 372 g/mol. The van der Waals surface area contributed by atoms with Gasteiger partial charge in [-0.3, -0.25) is 4.79 Å². The number of nitrogens with zero attached hydrogens (tertiary/aromatic N) is 2. The van der Waals surface area contributed by atoms with Crippen LogP contribution in [0.5, 0.6) is 5.75 Å². The summed E-state index contributed by atoms with van der Waals surface area (Å²) in [6.45, 7) is 2.49. The molecule has 4 heteroatoms. The van der Waals surface area contributed by atoms with Gasteiger partial charge in [0, 0.05) is 43.5 Å². The minimum absolute atomic E-state index is 0.0531. The van der Waals surface area contributed by atoms with Gasteiger partial charge in [-0.15, -0.1) is 0 Å². The molecule has 0 unspecified atom stereocenters. The molecular weight excluding hydrogens is 348 g/mol. The van der Waals surface area contributed by atoms with E-state index in [-0.39, 0.29) is 5.91 Å². The molecule has 0 N–H and O–H groups in total. The van der Waals surface area contributed by atoms with Crippen LogP contribution in [-0.4, -0.2) is 30.9 Å². The molecular formula is C24H24N2O2. The Morgan fingerprint density at radius 2 is 1.61 bits per heavy atom. The van der Waals surface area contributed by atoms with Crippen molar-refractivity contribution >= 4 is 11.6 Å². The van der Waals surface area contributed by atoms with Gasteiger partial charge in [0.2, 0.25) is 0 Å². The fraction of sp³-hybridized carbons (Fsp3) is 0.208. The summed E-state index contributed by atoms with van der Waals surface area (Å²) in [7, 11) is 2.08. The molecule has 1 aliphatic heterocycles. The normalized spacial score (nSPS) is 13.6. The zero-order valence-corrected chi connectivity index (χ0v) is 16.0. The van der Waals surface area contributed by atoms with Crippen molar-refractivity contribution in [3.8, 4) is 5.75 Å². The highest BCUT2D eigenvalue weighted by atomic mass is 16.5. The van der Waals surface area contributed by atoms with Gasteiger partial charge in [0.1, 0.15) is 12.4 Å². The number of amides is 1. The lowest BCUT2D eigenvalue weighted by molar-refractivity contribution is 0.0749. The molecule has 0 atom stereocenters. The van der Waals surface area contributed by atoms with Crippen LogP contribution in [0.4, 0.5) is 5.69 Å². The minimum atomic E-state index is 0.0531. The quantitative estimate of drug-likeness (QED) is 0.682. The maximum absolute atomic E-state index is 13.4. The molecule has 142 valence electrons. The van der Waals surface area contributed by atoms with Crippen LogP contribution in [0, 0.1) is 0 Å². The minimum Gasteiger partial charge on any atom is -0.489 e. The number of benzene rings is 3. The number of para-hydroxylation sites is 2. The molecule has 0 aliphatic carbocycles. The van der Waals surface area contributed by atoms with Gasteiger partial charge in [0.15, 0.2) is 0 Å². The van der Waals surface area contributed by atoms with Crippen molar-refractivity contribution < 1.29 is 9.53 Å². The summed E-state index contributed by atoms with van der Waals surface area (Å²) in [5.41, 5.74) is 3.98. The zero-order valence-electron chi connectivity index (χ0n) is 16.0. The van der Waals surface area contributed by atoms with Crippen LogP contribution in [0.15, 0.2) is 78.9 Å². The van der Waals surface area contributed by atoms with Crippen molar-refractivity contribution in [3.05, 3.63) is 95.6 Å². The molecule has 4 nitrogen and oxygen atoms in total. The van der Waals surface area contributed by atoms with Crippen molar-refractivity contribution in [1.29, 1.82) is 0 Å². The van der Waals surface area contributed by atoms with Crippen LogP contribution in [0.3, 0.4) is 0 Å². The van der Waals surface area contributed by atoms with Crippen LogP contribution < -0.4 is 9.64 Å². The Labute approximate surface area is 166 Å². The Balaban J connectivity index is 1.55. The van der Waals surface area contributed by atoms with E-state index in [1.165, 1.54) is 11.3 Å². The molecule has 4 rings (SSSR count). The number of likely N-dealkylation sites (N-methyl/N-ethyl adjacent to an activating group) is 1. The van der Waals surface area contributed by atoms with E-state index in [1.54, 1.807) is 0 Å². The maximum atomic E-state index is 13.4. The van der Waals surface area contributed by atoms with Gasteiger partial charge in [-0.2, -0.15) is 0 Å². The highest BCUT2D eigenvalue weighted by molar-refractivity contribution is 5.95. The molecule has 0 spiro atoms. The molecule has 0 bridgehead atoms. The van der Waals surface area contributed by atoms with E-state index in [1.807, 2.05) is 71.6 Å². The number of fused-ring (bicyclic) bond motifs is 1. The van der Waals surface area contributed by atoms with E-state index in [0.717, 1.165) is 17.9 Å². The molecule has 0 aromatic heterocycles. The van der Waals surface area contributed by atoms with Crippen molar-refractivity contribution in [2.75, 3.05) is 25.0 Å². The molecule has 3 aromatic carbocycles. The van der Waals surface area contributed by atoms with Crippen molar-refractivity contribution in [3.63, 3.8) is 0 Å². The van der Waals surface area contributed by atoms with E-state index in [0.29, 0.717) is 25.3 Å². The van der Waals surface area contributed by atoms with E-state index >= 15 is 0 Å². The molecule has 0 saturated heterocycles. The van der Waals surface area contributed by atoms with Gasteiger partial charge < -0.3 is 14.5 Å². The third-order valence-corrected chi connectivity index (χ3v) is 5.14. The van der Waals surface area contributed by atoms with Crippen LogP contribution in [0.1, 0.15) is 21.5 Å². The van der Waals surface area contributed by atoms with E-state index in [2.05, 4.69) is 24.1 Å². The number of anilines is 1. The average Bonchev–Trinajstić information content (AvgIpc) is 2.92. The third kappa shape index (κ3) is 3.86. The molecule has 0 saturated carbocycles. The first-order valence-corrected chi connectivity index (χ1v) is 9.56. The number of rotatable bonds is 4. The standard InChI is InChI=1S/C24H24N2O2/c1-25-15-16-26(17-19-9-6-8-14-23(19)25)24(27)22-13-7-5-10-20(22)18-28-21-11-3-2-4-12-21/h2-14H,15-18H2,1H3. The largest absolute Gasteiger partial charge is 0.489 e. The van der Waals surface area contributed by atoms with Crippen molar-refractivity contribution in [1.82, 2.24) is 4.90 Å². The van der Waals surface area contributed by atoms with Crippen LogP contribution >= 0.6 is 0 Å². The van der Waals surface area contributed by atoms with E-state index in [4.69, 9.17) is 4.74 Å². The lowest BCUT2D eigenvalue weighted by Gasteiger charge is -2.22. The summed E-state index contributed by atoms with van der Waals surface area (Å²) in [4.78, 5) is 17.5. The number of carbonyl (C=O) groups is 1. The van der Waals surface area contributed by atoms with Gasteiger partial charge >= 0.3 is 0 Å². The zero-order chi connectivity index (χ0) is 19.3. The smallest absolute Gasteiger partial charge is 0.254 e. The van der Waals surface area contributed by atoms with Gasteiger partial charge in [-0.05, 0) is 29.8 Å². The molecule has 1 amide bonds. The first kappa shape index (κ1) is 18.1. The van der Waals surface area contributed by atoms with Crippen LogP contribution in [0.2, 0.25) is 0 Å². The number of ether oxygens (including phenoxy) is 1. The van der Waals surface area contributed by atoms with E-state index < -0.39 is 0 Å². The van der Waals surface area contributed by atoms with Crippen molar-refractivity contribution in [2.24, 2.45) is 0 Å². The fourth-order valence-corrected chi connectivity index (χ4v) is 3.57. The van der Waals surface area contributed by atoms with Crippen LogP contribution in [-0.2, 0) is 13.2 Å². The highest BCUT2D eigenvalue weighted by Gasteiger charge is 2.23. The van der Waals surface area contributed by atoms with E-state index in [9.17, 15) is 4.79 Å². The summed E-state index contributed by atoms with van der Waals surface area (Å²) < 4.78 is 5.89. The lowest BCUT2D eigenvalue weighted by atomic mass is 10.1. The first-order chi connectivity index (χ1) is 13.7. The molecule has 1 aliphatic rings. The second-order valence-electron chi connectivity index (χ2n) is 7.04. The summed E-state index contributed by atoms with van der Waals surface area (Å²) in [5.74, 6) is 0.854. The fourth-order valence-electron chi connectivity index (χ4n) is 3.57. The van der Waals surface area contributed by atoms with Gasteiger partial charge in [0.25, 0.3) is 5.91 Å². The Morgan fingerprint density at radius 3 is 2.46 bits per heavy atom. The summed E-state index contributed by atoms with van der Waals surface area (Å²) >= 11 is 0. The Kier molecular flexibility index (Phi) is 5.29. The number of hydrogen-bond acceptors (Lipinski definition) is 3. The Hall–Kier alpha value is -3.27. The summed E-state index contributed by atoms with van der Waals surface area (Å²) in [6, 6.07) is 25.7. The SMILES string of the molecule is CN1CCN(C(=O)c2ccccc2COc2ccccc2)Cc2ccccc21. The molecule has 0 radical (unpaired) electrons.